The van der Waals surface area contributed by atoms with Crippen molar-refractivity contribution in [1.82, 2.24) is 72.6 Å². The Labute approximate surface area is 545 Å². The van der Waals surface area contributed by atoms with Crippen LogP contribution in [0.15, 0.2) is 110 Å². The second kappa shape index (κ2) is 28.4. The molecule has 3 fully saturated rings. The molecule has 39 heteroatoms. The number of hydrogen-bond donors (Lipinski definition) is 9. The maximum absolute atomic E-state index is 13.3. The predicted octanol–water partition coefficient (Wildman–Crippen LogP) is 8.27. The fourth-order valence-electron chi connectivity index (χ4n) is 9.12. The summed E-state index contributed by atoms with van der Waals surface area (Å²) in [7, 11) is -7.80. The van der Waals surface area contributed by atoms with Gasteiger partial charge < -0.3 is 16.0 Å². The number of hydrogen-bond acceptors (Lipinski definition) is 18. The summed E-state index contributed by atoms with van der Waals surface area (Å²) in [6.07, 6.45) is 15.4. The number of anilines is 3. The quantitative estimate of drug-likeness (QED) is 0.0556. The summed E-state index contributed by atoms with van der Waals surface area (Å²) in [5.74, 6) is -3.51. The lowest BCUT2D eigenvalue weighted by Crippen LogP contribution is -2.55. The first-order chi connectivity index (χ1) is 42.7. The Bertz CT molecular complexity index is 4000. The van der Waals surface area contributed by atoms with Crippen LogP contribution in [-0.2, 0) is 45.0 Å². The Morgan fingerprint density at radius 3 is 0.967 bits per heavy atom. The molecule has 0 saturated carbocycles. The molecule has 0 radical (unpaired) electrons. The average molecular weight is 1430 g/mol. The average Bonchev–Trinajstić information content (AvgIpc) is 1.75. The van der Waals surface area contributed by atoms with E-state index in [1.807, 2.05) is 0 Å². The van der Waals surface area contributed by atoms with Gasteiger partial charge in [-0.2, -0.15) is 67.6 Å². The normalized spacial score (nSPS) is 21.2. The van der Waals surface area contributed by atoms with Gasteiger partial charge in [-0.05, 0) is 73.9 Å². The van der Waals surface area contributed by atoms with Crippen molar-refractivity contribution in [2.45, 2.75) is 62.9 Å². The topological polar surface area (TPSA) is 360 Å². The fourth-order valence-corrected chi connectivity index (χ4v) is 16.5. The van der Waals surface area contributed by atoms with Crippen LogP contribution < -0.4 is 30.1 Å². The van der Waals surface area contributed by atoms with E-state index in [1.165, 1.54) is 91.6 Å². The van der Waals surface area contributed by atoms with Crippen LogP contribution in [0.5, 0.6) is 0 Å². The highest BCUT2D eigenvalue weighted by Crippen LogP contribution is 2.38. The van der Waals surface area contributed by atoms with E-state index in [2.05, 4.69) is 75.7 Å². The standard InChI is InChI=1S/3C17H16ClFN6O3S2.CH4/c3*1-25-14(16(26)23-10-2-3-12(19)11(18)4-10)5-13(24-30(25,27)28)17-20-8-15(29-17)9-6-21-22-7-9;/h3*2-4,6-8,13-14,24H,5H2,1H3,(H,21,22)(H,23,26);1H4/t2*13-,14+;;/m10../s1. The van der Waals surface area contributed by atoms with Crippen molar-refractivity contribution in [3.63, 3.8) is 0 Å². The molecule has 3 aliphatic rings. The lowest BCUT2D eigenvalue weighted by atomic mass is 10.1. The molecule has 0 spiro atoms. The van der Waals surface area contributed by atoms with Crippen LogP contribution in [0, 0.1) is 17.5 Å². The summed E-state index contributed by atoms with van der Waals surface area (Å²) in [6, 6.07) is 6.20. The minimum absolute atomic E-state index is 0. The van der Waals surface area contributed by atoms with Gasteiger partial charge in [0.1, 0.15) is 50.6 Å². The minimum atomic E-state index is -3.92. The number of H-pyrrole nitrogens is 3. The molecule has 482 valence electrons. The molecule has 3 amide bonds. The second-order valence-electron chi connectivity index (χ2n) is 19.8. The van der Waals surface area contributed by atoms with Crippen molar-refractivity contribution in [1.29, 1.82) is 0 Å². The van der Waals surface area contributed by atoms with Gasteiger partial charge in [0.15, 0.2) is 0 Å². The van der Waals surface area contributed by atoms with Gasteiger partial charge in [0.2, 0.25) is 17.7 Å². The van der Waals surface area contributed by atoms with Crippen LogP contribution in [-0.4, -0.2) is 141 Å². The third-order valence-corrected chi connectivity index (χ3v) is 23.1. The molecule has 0 aliphatic carbocycles. The number of aromatic nitrogens is 9. The maximum atomic E-state index is 13.3. The Balaban J connectivity index is 0.000000161. The Morgan fingerprint density at radius 1 is 0.473 bits per heavy atom. The zero-order valence-electron chi connectivity index (χ0n) is 46.4. The second-order valence-corrected chi connectivity index (χ2v) is 29.5. The number of likely N-dealkylation sites (N-methyl/N-ethyl adjacent to an activating group) is 3. The van der Waals surface area contributed by atoms with Gasteiger partial charge in [-0.3, -0.25) is 29.7 Å². The highest BCUT2D eigenvalue weighted by atomic mass is 35.5. The zero-order chi connectivity index (χ0) is 64.4. The number of thiazole rings is 3. The Kier molecular flexibility index (Phi) is 21.3. The minimum Gasteiger partial charge on any atom is -0.325 e. The molecule has 2 unspecified atom stereocenters. The first kappa shape index (κ1) is 68.2. The first-order valence-electron chi connectivity index (χ1n) is 26.1. The van der Waals surface area contributed by atoms with E-state index in [0.717, 1.165) is 62.4 Å². The smallest absolute Gasteiger partial charge is 0.280 e. The number of benzene rings is 3. The van der Waals surface area contributed by atoms with Crippen molar-refractivity contribution in [3.05, 3.63) is 158 Å². The number of rotatable bonds is 12. The lowest BCUT2D eigenvalue weighted by molar-refractivity contribution is -0.120. The van der Waals surface area contributed by atoms with E-state index in [4.69, 9.17) is 34.8 Å². The Morgan fingerprint density at radius 2 is 0.736 bits per heavy atom. The third kappa shape index (κ3) is 15.9. The summed E-state index contributed by atoms with van der Waals surface area (Å²) >= 11 is 21.2. The number of amides is 3. The third-order valence-electron chi connectivity index (χ3n) is 14.0. The maximum Gasteiger partial charge on any atom is 0.280 e. The molecule has 0 bridgehead atoms. The van der Waals surface area contributed by atoms with E-state index < -0.39 is 102 Å². The van der Waals surface area contributed by atoms with Crippen LogP contribution in [0.25, 0.3) is 31.3 Å². The van der Waals surface area contributed by atoms with Crippen LogP contribution in [0.4, 0.5) is 30.2 Å². The number of aromatic amines is 3. The number of carbonyl (C=O) groups is 3. The van der Waals surface area contributed by atoms with Gasteiger partial charge in [-0.1, -0.05) is 42.2 Å². The van der Waals surface area contributed by atoms with Gasteiger partial charge >= 0.3 is 0 Å². The van der Waals surface area contributed by atoms with E-state index in [9.17, 15) is 52.8 Å². The molecule has 3 aliphatic heterocycles. The van der Waals surface area contributed by atoms with Crippen molar-refractivity contribution in [3.8, 4) is 31.3 Å². The predicted molar refractivity (Wildman–Crippen MR) is 339 cm³/mol. The largest absolute Gasteiger partial charge is 0.325 e. The molecule has 6 aromatic heterocycles. The summed E-state index contributed by atoms with van der Waals surface area (Å²) in [6.45, 7) is 0. The zero-order valence-corrected chi connectivity index (χ0v) is 53.6. The first-order valence-corrected chi connectivity index (χ1v) is 34.0. The molecule has 3 saturated heterocycles. The molecular weight excluding hydrogens is 1380 g/mol. The lowest BCUT2D eigenvalue weighted by Gasteiger charge is -2.35. The van der Waals surface area contributed by atoms with Crippen LogP contribution in [0.1, 0.15) is 59.8 Å². The van der Waals surface area contributed by atoms with Crippen molar-refractivity contribution in [2.75, 3.05) is 37.1 Å². The van der Waals surface area contributed by atoms with E-state index in [-0.39, 0.29) is 58.8 Å². The highest BCUT2D eigenvalue weighted by molar-refractivity contribution is 7.87. The van der Waals surface area contributed by atoms with Crippen molar-refractivity contribution < 1.29 is 52.8 Å². The number of nitrogens with zero attached hydrogens (tertiary/aromatic N) is 9. The summed E-state index contributed by atoms with van der Waals surface area (Å²) < 4.78 is 126. The molecule has 6 atom stereocenters. The molecule has 9 aromatic rings. The van der Waals surface area contributed by atoms with Crippen LogP contribution in [0.2, 0.25) is 15.1 Å². The van der Waals surface area contributed by atoms with Gasteiger partial charge in [-0.15, -0.1) is 34.0 Å². The number of carbonyl (C=O) groups excluding carboxylic acids is 3. The molecule has 27 nitrogen and oxygen atoms in total. The molecule has 9 heterocycles. The molecule has 12 rings (SSSR count). The highest BCUT2D eigenvalue weighted by Gasteiger charge is 2.44. The molecule has 9 N–H and O–H groups in total. The van der Waals surface area contributed by atoms with Crippen LogP contribution in [0.3, 0.4) is 0 Å². The fraction of sp³-hybridized carbons (Fsp3) is 0.250. The van der Waals surface area contributed by atoms with Crippen molar-refractivity contribution >= 4 is 134 Å². The molecule has 3 aromatic carbocycles. The number of halogens is 6. The molecular formula is C52H52Cl3F3N18O9S6. The SMILES string of the molecule is C.CN1C(C(=O)Nc2ccc(F)c(Cl)c2)CC(c2ncc(-c3cn[nH]c3)s2)NS1(=O)=O.CN1[C@@H](C(=O)Nc2ccc(F)c(Cl)c2)C[C@@H](c2ncc(-c3cn[nH]c3)s2)NS1(=O)=O.CN1[C@H](C(=O)Nc2ccc(F)c(Cl)c2)C[C@H](c2ncc(-c3cn[nH]c3)s2)NS1(=O)=O. The van der Waals surface area contributed by atoms with Gasteiger partial charge in [0.05, 0.1) is 66.4 Å². The van der Waals surface area contributed by atoms with E-state index in [0.29, 0.717) is 15.0 Å². The molecule has 91 heavy (non-hydrogen) atoms. The summed E-state index contributed by atoms with van der Waals surface area (Å²) in [5.41, 5.74) is 3.29. The Hall–Kier alpha value is -7.14. The van der Waals surface area contributed by atoms with Crippen LogP contribution >= 0.6 is 68.8 Å². The summed E-state index contributed by atoms with van der Waals surface area (Å²) in [5, 5.41) is 28.8. The van der Waals surface area contributed by atoms with Crippen molar-refractivity contribution in [2.24, 2.45) is 0 Å². The summed E-state index contributed by atoms with van der Waals surface area (Å²) in [4.78, 5) is 53.9. The van der Waals surface area contributed by atoms with Gasteiger partial charge in [-0.25, -0.2) is 28.1 Å². The number of nitrogens with one attached hydrogen (secondary N) is 9. The van der Waals surface area contributed by atoms with Gasteiger partial charge in [0, 0.05) is 92.1 Å². The van der Waals surface area contributed by atoms with Gasteiger partial charge in [0.25, 0.3) is 30.6 Å². The van der Waals surface area contributed by atoms with E-state index >= 15 is 0 Å². The monoisotopic (exact) mass is 1430 g/mol. The van der Waals surface area contributed by atoms with E-state index in [1.54, 1.807) is 55.8 Å².